The molecule has 1 N–H and O–H groups in total. The first-order valence-corrected chi connectivity index (χ1v) is 10.4. The smallest absolute Gasteiger partial charge is 0.243 e. The molecule has 0 unspecified atom stereocenters. The number of carbonyl (C=O) groups excluding carboxylic acids is 1. The largest absolute Gasteiger partial charge is 0.355 e. The first kappa shape index (κ1) is 18.6. The molecule has 5 nitrogen and oxygen atoms in total. The molecule has 1 aliphatic heterocycles. The Kier molecular flexibility index (Phi) is 6.06. The lowest BCUT2D eigenvalue weighted by atomic mass is 9.99. The number of carbonyl (C=O) groups is 1. The van der Waals surface area contributed by atoms with Crippen LogP contribution in [0.25, 0.3) is 0 Å². The Morgan fingerprint density at radius 1 is 1.04 bits per heavy atom. The van der Waals surface area contributed by atoms with Crippen LogP contribution in [-0.2, 0) is 21.2 Å². The van der Waals surface area contributed by atoms with Crippen LogP contribution in [-0.4, -0.2) is 38.3 Å². The number of piperidine rings is 1. The van der Waals surface area contributed by atoms with E-state index < -0.39 is 10.0 Å². The van der Waals surface area contributed by atoms with E-state index in [4.69, 9.17) is 0 Å². The third-order valence-electron chi connectivity index (χ3n) is 4.69. The van der Waals surface area contributed by atoms with Crippen molar-refractivity contribution in [2.24, 2.45) is 5.92 Å². The van der Waals surface area contributed by atoms with E-state index in [1.54, 1.807) is 30.3 Å². The molecule has 0 aromatic heterocycles. The van der Waals surface area contributed by atoms with Gasteiger partial charge in [-0.1, -0.05) is 48.5 Å². The van der Waals surface area contributed by atoms with Crippen molar-refractivity contribution in [3.63, 3.8) is 0 Å². The van der Waals surface area contributed by atoms with Crippen molar-refractivity contribution in [3.8, 4) is 0 Å². The van der Waals surface area contributed by atoms with Crippen molar-refractivity contribution in [2.45, 2.75) is 24.2 Å². The van der Waals surface area contributed by atoms with Gasteiger partial charge in [0.15, 0.2) is 0 Å². The summed E-state index contributed by atoms with van der Waals surface area (Å²) in [6, 6.07) is 18.4. The Hall–Kier alpha value is -2.18. The Labute approximate surface area is 155 Å². The van der Waals surface area contributed by atoms with Gasteiger partial charge in [0.05, 0.1) is 10.8 Å². The van der Waals surface area contributed by atoms with E-state index in [1.807, 2.05) is 30.3 Å². The molecule has 1 atom stereocenters. The summed E-state index contributed by atoms with van der Waals surface area (Å²) < 4.78 is 26.9. The molecule has 1 saturated heterocycles. The van der Waals surface area contributed by atoms with Crippen LogP contribution in [0, 0.1) is 5.92 Å². The number of amides is 1. The van der Waals surface area contributed by atoms with Crippen molar-refractivity contribution < 1.29 is 13.2 Å². The van der Waals surface area contributed by atoms with E-state index in [1.165, 1.54) is 9.87 Å². The zero-order valence-corrected chi connectivity index (χ0v) is 15.5. The van der Waals surface area contributed by atoms with E-state index in [9.17, 15) is 13.2 Å². The van der Waals surface area contributed by atoms with Gasteiger partial charge in [-0.2, -0.15) is 4.31 Å². The molecule has 2 aromatic carbocycles. The summed E-state index contributed by atoms with van der Waals surface area (Å²) in [7, 11) is -3.54. The monoisotopic (exact) mass is 372 g/mol. The summed E-state index contributed by atoms with van der Waals surface area (Å²) in [5, 5.41) is 2.95. The van der Waals surface area contributed by atoms with Gasteiger partial charge < -0.3 is 5.32 Å². The molecule has 1 amide bonds. The number of sulfonamides is 1. The van der Waals surface area contributed by atoms with E-state index in [0.717, 1.165) is 12.8 Å². The predicted molar refractivity (Wildman–Crippen MR) is 101 cm³/mol. The Bertz CT molecular complexity index is 823. The maximum absolute atomic E-state index is 12.7. The average molecular weight is 372 g/mol. The maximum atomic E-state index is 12.7. The molecule has 2 aromatic rings. The van der Waals surface area contributed by atoms with E-state index in [-0.39, 0.29) is 23.3 Å². The van der Waals surface area contributed by atoms with Crippen LogP contribution in [0.15, 0.2) is 65.6 Å². The molecule has 0 spiro atoms. The van der Waals surface area contributed by atoms with Crippen LogP contribution in [0.2, 0.25) is 0 Å². The standard InChI is InChI=1S/C20H24N2O3S/c23-20(21-14-13-17-8-3-1-4-9-17)18-10-7-15-22(16-18)26(24,25)19-11-5-2-6-12-19/h1-6,8-9,11-12,18H,7,10,13-16H2,(H,21,23)/t18-/m0/s1. The molecule has 0 saturated carbocycles. The molecule has 3 rings (SSSR count). The molecule has 6 heteroatoms. The minimum atomic E-state index is -3.54. The van der Waals surface area contributed by atoms with Crippen LogP contribution in [0.3, 0.4) is 0 Å². The fraction of sp³-hybridized carbons (Fsp3) is 0.350. The zero-order valence-electron chi connectivity index (χ0n) is 14.7. The van der Waals surface area contributed by atoms with Gasteiger partial charge in [-0.15, -0.1) is 0 Å². The molecule has 0 radical (unpaired) electrons. The van der Waals surface area contributed by atoms with Crippen molar-refractivity contribution in [3.05, 3.63) is 66.2 Å². The number of nitrogens with zero attached hydrogens (tertiary/aromatic N) is 1. The predicted octanol–water partition coefficient (Wildman–Crippen LogP) is 2.45. The van der Waals surface area contributed by atoms with Crippen LogP contribution >= 0.6 is 0 Å². The highest BCUT2D eigenvalue weighted by molar-refractivity contribution is 7.89. The summed E-state index contributed by atoms with van der Waals surface area (Å²) in [5.41, 5.74) is 1.17. The third kappa shape index (κ3) is 4.51. The lowest BCUT2D eigenvalue weighted by Gasteiger charge is -2.31. The van der Waals surface area contributed by atoms with E-state index >= 15 is 0 Å². The Morgan fingerprint density at radius 3 is 2.38 bits per heavy atom. The molecule has 1 heterocycles. The zero-order chi connectivity index (χ0) is 18.4. The molecule has 0 bridgehead atoms. The quantitative estimate of drug-likeness (QED) is 0.847. The second-order valence-corrected chi connectivity index (χ2v) is 8.48. The molecular formula is C20H24N2O3S. The Morgan fingerprint density at radius 2 is 1.69 bits per heavy atom. The van der Waals surface area contributed by atoms with Gasteiger partial charge in [0, 0.05) is 19.6 Å². The fourth-order valence-corrected chi connectivity index (χ4v) is 4.78. The lowest BCUT2D eigenvalue weighted by Crippen LogP contribution is -2.45. The first-order chi connectivity index (χ1) is 12.6. The highest BCUT2D eigenvalue weighted by Gasteiger charge is 2.33. The minimum absolute atomic E-state index is 0.0612. The third-order valence-corrected chi connectivity index (χ3v) is 6.57. The number of hydrogen-bond acceptors (Lipinski definition) is 3. The number of hydrogen-bond donors (Lipinski definition) is 1. The number of rotatable bonds is 6. The van der Waals surface area contributed by atoms with Gasteiger partial charge in [0.1, 0.15) is 0 Å². The van der Waals surface area contributed by atoms with Gasteiger partial charge in [0.2, 0.25) is 15.9 Å². The summed E-state index contributed by atoms with van der Waals surface area (Å²) in [4.78, 5) is 12.7. The van der Waals surface area contributed by atoms with E-state index in [0.29, 0.717) is 19.5 Å². The van der Waals surface area contributed by atoms with Crippen molar-refractivity contribution >= 4 is 15.9 Å². The van der Waals surface area contributed by atoms with Gasteiger partial charge in [-0.3, -0.25) is 4.79 Å². The topological polar surface area (TPSA) is 66.5 Å². The van der Waals surface area contributed by atoms with Crippen LogP contribution in [0.4, 0.5) is 0 Å². The lowest BCUT2D eigenvalue weighted by molar-refractivity contribution is -0.126. The van der Waals surface area contributed by atoms with Crippen molar-refractivity contribution in [1.29, 1.82) is 0 Å². The summed E-state index contributed by atoms with van der Waals surface area (Å²) in [6.07, 6.45) is 2.19. The average Bonchev–Trinajstić information content (AvgIpc) is 2.69. The highest BCUT2D eigenvalue weighted by Crippen LogP contribution is 2.23. The molecule has 1 fully saturated rings. The SMILES string of the molecule is O=C(NCCc1ccccc1)[C@H]1CCCN(S(=O)(=O)c2ccccc2)C1. The van der Waals surface area contributed by atoms with E-state index in [2.05, 4.69) is 5.32 Å². The Balaban J connectivity index is 1.57. The maximum Gasteiger partial charge on any atom is 0.243 e. The van der Waals surface area contributed by atoms with Gasteiger partial charge in [-0.05, 0) is 37.0 Å². The van der Waals surface area contributed by atoms with Gasteiger partial charge >= 0.3 is 0 Å². The molecule has 138 valence electrons. The highest BCUT2D eigenvalue weighted by atomic mass is 32.2. The summed E-state index contributed by atoms with van der Waals surface area (Å²) in [6.45, 7) is 1.27. The molecule has 26 heavy (non-hydrogen) atoms. The molecule has 1 aliphatic rings. The fourth-order valence-electron chi connectivity index (χ4n) is 3.24. The van der Waals surface area contributed by atoms with Crippen LogP contribution < -0.4 is 5.32 Å². The van der Waals surface area contributed by atoms with Crippen LogP contribution in [0.1, 0.15) is 18.4 Å². The number of benzene rings is 2. The van der Waals surface area contributed by atoms with Crippen molar-refractivity contribution in [2.75, 3.05) is 19.6 Å². The second-order valence-electron chi connectivity index (χ2n) is 6.54. The molecule has 0 aliphatic carbocycles. The summed E-state index contributed by atoms with van der Waals surface area (Å²) >= 11 is 0. The number of nitrogens with one attached hydrogen (secondary N) is 1. The van der Waals surface area contributed by atoms with Crippen molar-refractivity contribution in [1.82, 2.24) is 9.62 Å². The molecular weight excluding hydrogens is 348 g/mol. The van der Waals surface area contributed by atoms with Crippen LogP contribution in [0.5, 0.6) is 0 Å². The summed E-state index contributed by atoms with van der Waals surface area (Å²) in [5.74, 6) is -0.355. The van der Waals surface area contributed by atoms with Gasteiger partial charge in [-0.25, -0.2) is 8.42 Å². The van der Waals surface area contributed by atoms with Gasteiger partial charge in [0.25, 0.3) is 0 Å². The normalized spacial score (nSPS) is 18.4. The minimum Gasteiger partial charge on any atom is -0.355 e. The second kappa shape index (κ2) is 8.47. The first-order valence-electron chi connectivity index (χ1n) is 8.94.